The Hall–Kier alpha value is -1.66. The smallest absolute Gasteiger partial charge is 0.316 e. The summed E-state index contributed by atoms with van der Waals surface area (Å²) in [7, 11) is 2.10. The quantitative estimate of drug-likeness (QED) is 0.860. The van der Waals surface area contributed by atoms with Crippen LogP contribution in [0, 0.1) is 5.82 Å². The monoisotopic (exact) mass is 266 g/mol. The predicted octanol–water partition coefficient (Wildman–Crippen LogP) is 1.06. The van der Waals surface area contributed by atoms with Crippen LogP contribution in [-0.4, -0.2) is 49.1 Å². The number of rotatable bonds is 3. The lowest BCUT2D eigenvalue weighted by Crippen LogP contribution is -2.43. The fourth-order valence-corrected chi connectivity index (χ4v) is 2.16. The molecule has 1 aliphatic heterocycles. The highest BCUT2D eigenvalue weighted by Gasteiger charge is 2.14. The summed E-state index contributed by atoms with van der Waals surface area (Å²) < 4.78 is 13.7. The average molecular weight is 266 g/mol. The summed E-state index contributed by atoms with van der Waals surface area (Å²) in [5.41, 5.74) is 5.98. The van der Waals surface area contributed by atoms with Crippen molar-refractivity contribution >= 4 is 11.7 Å². The Labute approximate surface area is 112 Å². The standard InChI is InChI=1S/C13H19FN4O/c1-17-4-6-18(7-5-17)9-10-2-3-12(11(14)8-10)16-13(15)19/h2-3,8H,4-7,9H2,1H3,(H3,15,16,19). The maximum atomic E-state index is 13.7. The van der Waals surface area contributed by atoms with Crippen LogP contribution in [0.1, 0.15) is 5.56 Å². The number of likely N-dealkylation sites (N-methyl/N-ethyl adjacent to an activating group) is 1. The number of nitrogens with zero attached hydrogens (tertiary/aromatic N) is 2. The van der Waals surface area contributed by atoms with Crippen molar-refractivity contribution in [1.29, 1.82) is 0 Å². The highest BCUT2D eigenvalue weighted by atomic mass is 19.1. The average Bonchev–Trinajstić information content (AvgIpc) is 2.35. The van der Waals surface area contributed by atoms with Crippen LogP contribution in [0.2, 0.25) is 0 Å². The molecule has 0 bridgehead atoms. The summed E-state index contributed by atoms with van der Waals surface area (Å²) in [6.07, 6.45) is 0. The number of hydrogen-bond acceptors (Lipinski definition) is 3. The molecule has 19 heavy (non-hydrogen) atoms. The summed E-state index contributed by atoms with van der Waals surface area (Å²) in [6.45, 7) is 4.76. The molecule has 0 atom stereocenters. The van der Waals surface area contributed by atoms with Crippen molar-refractivity contribution in [3.05, 3.63) is 29.6 Å². The van der Waals surface area contributed by atoms with Crippen molar-refractivity contribution in [3.63, 3.8) is 0 Å². The number of carbonyl (C=O) groups excluding carboxylic acids is 1. The number of nitrogens with two attached hydrogens (primary N) is 1. The molecule has 1 aromatic carbocycles. The summed E-state index contributed by atoms with van der Waals surface area (Å²) >= 11 is 0. The number of amides is 2. The number of anilines is 1. The third kappa shape index (κ3) is 3.90. The van der Waals surface area contributed by atoms with Crippen LogP contribution in [0.25, 0.3) is 0 Å². The maximum Gasteiger partial charge on any atom is 0.316 e. The first-order valence-electron chi connectivity index (χ1n) is 6.30. The van der Waals surface area contributed by atoms with Gasteiger partial charge in [0.2, 0.25) is 0 Å². The Bertz CT molecular complexity index is 458. The molecule has 0 spiro atoms. The molecule has 1 fully saturated rings. The number of nitrogens with one attached hydrogen (secondary N) is 1. The SMILES string of the molecule is CN1CCN(Cc2ccc(NC(N)=O)c(F)c2)CC1. The van der Waals surface area contributed by atoms with Crippen molar-refractivity contribution in [1.82, 2.24) is 9.80 Å². The van der Waals surface area contributed by atoms with Gasteiger partial charge in [-0.05, 0) is 24.7 Å². The molecular formula is C13H19FN4O. The largest absolute Gasteiger partial charge is 0.351 e. The Kier molecular flexibility index (Phi) is 4.34. The fourth-order valence-electron chi connectivity index (χ4n) is 2.16. The van der Waals surface area contributed by atoms with Gasteiger partial charge in [-0.2, -0.15) is 0 Å². The second-order valence-electron chi connectivity index (χ2n) is 4.88. The van der Waals surface area contributed by atoms with E-state index in [0.717, 1.165) is 38.3 Å². The zero-order chi connectivity index (χ0) is 13.8. The lowest BCUT2D eigenvalue weighted by molar-refractivity contribution is 0.148. The third-order valence-corrected chi connectivity index (χ3v) is 3.29. The molecule has 104 valence electrons. The Morgan fingerprint density at radius 2 is 2.05 bits per heavy atom. The van der Waals surface area contributed by atoms with Crippen LogP contribution in [0.3, 0.4) is 0 Å². The van der Waals surface area contributed by atoms with Crippen molar-refractivity contribution in [3.8, 4) is 0 Å². The van der Waals surface area contributed by atoms with E-state index in [-0.39, 0.29) is 5.69 Å². The molecule has 0 radical (unpaired) electrons. The van der Waals surface area contributed by atoms with Gasteiger partial charge in [-0.15, -0.1) is 0 Å². The van der Waals surface area contributed by atoms with Gasteiger partial charge in [0.25, 0.3) is 0 Å². The van der Waals surface area contributed by atoms with Crippen LogP contribution in [0.15, 0.2) is 18.2 Å². The Morgan fingerprint density at radius 3 is 2.63 bits per heavy atom. The summed E-state index contributed by atoms with van der Waals surface area (Å²) in [4.78, 5) is 15.2. The molecule has 1 saturated heterocycles. The van der Waals surface area contributed by atoms with Crippen molar-refractivity contribution < 1.29 is 9.18 Å². The molecular weight excluding hydrogens is 247 g/mol. The van der Waals surface area contributed by atoms with Crippen LogP contribution in [0.5, 0.6) is 0 Å². The number of piperazine rings is 1. The molecule has 2 rings (SSSR count). The molecule has 1 aromatic rings. The summed E-state index contributed by atoms with van der Waals surface area (Å²) in [5, 5.41) is 2.25. The van der Waals surface area contributed by atoms with Gasteiger partial charge in [-0.25, -0.2) is 9.18 Å². The number of hydrogen-bond donors (Lipinski definition) is 2. The Balaban J connectivity index is 1.98. The van der Waals surface area contributed by atoms with Crippen molar-refractivity contribution in [2.45, 2.75) is 6.54 Å². The lowest BCUT2D eigenvalue weighted by Gasteiger charge is -2.32. The maximum absolute atomic E-state index is 13.7. The van der Waals surface area contributed by atoms with E-state index >= 15 is 0 Å². The number of benzene rings is 1. The molecule has 3 N–H and O–H groups in total. The van der Waals surface area contributed by atoms with Crippen molar-refractivity contribution in [2.75, 3.05) is 38.5 Å². The zero-order valence-electron chi connectivity index (χ0n) is 11.0. The third-order valence-electron chi connectivity index (χ3n) is 3.29. The number of urea groups is 1. The minimum absolute atomic E-state index is 0.120. The van der Waals surface area contributed by atoms with E-state index < -0.39 is 11.8 Å². The number of primary amides is 1. The topological polar surface area (TPSA) is 61.6 Å². The Morgan fingerprint density at radius 1 is 1.37 bits per heavy atom. The van der Waals surface area contributed by atoms with Crippen LogP contribution < -0.4 is 11.1 Å². The van der Waals surface area contributed by atoms with E-state index in [1.165, 1.54) is 6.07 Å². The molecule has 1 heterocycles. The van der Waals surface area contributed by atoms with Gasteiger partial charge >= 0.3 is 6.03 Å². The zero-order valence-corrected chi connectivity index (χ0v) is 11.0. The summed E-state index contributed by atoms with van der Waals surface area (Å²) in [6, 6.07) is 4.05. The normalized spacial score (nSPS) is 17.4. The first-order chi connectivity index (χ1) is 9.04. The van der Waals surface area contributed by atoms with Gasteiger partial charge in [0.05, 0.1) is 5.69 Å². The molecule has 0 aromatic heterocycles. The first-order valence-corrected chi connectivity index (χ1v) is 6.30. The molecule has 1 aliphatic rings. The fraction of sp³-hybridized carbons (Fsp3) is 0.462. The molecule has 0 saturated carbocycles. The van der Waals surface area contributed by atoms with E-state index in [1.54, 1.807) is 6.07 Å². The summed E-state index contributed by atoms with van der Waals surface area (Å²) in [5.74, 6) is -0.453. The minimum Gasteiger partial charge on any atom is -0.351 e. The minimum atomic E-state index is -0.759. The molecule has 0 unspecified atom stereocenters. The predicted molar refractivity (Wildman–Crippen MR) is 72.4 cm³/mol. The molecule has 2 amide bonds. The molecule has 5 nitrogen and oxygen atoms in total. The second-order valence-corrected chi connectivity index (χ2v) is 4.88. The second kappa shape index (κ2) is 5.99. The van der Waals surface area contributed by atoms with Gasteiger partial charge in [-0.3, -0.25) is 4.90 Å². The van der Waals surface area contributed by atoms with Crippen LogP contribution in [0.4, 0.5) is 14.9 Å². The van der Waals surface area contributed by atoms with E-state index in [2.05, 4.69) is 22.2 Å². The van der Waals surface area contributed by atoms with Gasteiger partial charge in [0.15, 0.2) is 0 Å². The van der Waals surface area contributed by atoms with Gasteiger partial charge in [0, 0.05) is 32.7 Å². The first kappa shape index (κ1) is 13.8. The molecule has 0 aliphatic carbocycles. The van der Waals surface area contributed by atoms with E-state index in [9.17, 15) is 9.18 Å². The van der Waals surface area contributed by atoms with Gasteiger partial charge < -0.3 is 16.0 Å². The van der Waals surface area contributed by atoms with Crippen LogP contribution >= 0.6 is 0 Å². The van der Waals surface area contributed by atoms with Crippen molar-refractivity contribution in [2.24, 2.45) is 5.73 Å². The molecule has 6 heteroatoms. The van der Waals surface area contributed by atoms with Gasteiger partial charge in [-0.1, -0.05) is 6.07 Å². The highest BCUT2D eigenvalue weighted by Crippen LogP contribution is 2.17. The number of halogens is 1. The van der Waals surface area contributed by atoms with Gasteiger partial charge in [0.1, 0.15) is 5.82 Å². The highest BCUT2D eigenvalue weighted by molar-refractivity contribution is 5.87. The van der Waals surface area contributed by atoms with Crippen LogP contribution in [-0.2, 0) is 6.54 Å². The van der Waals surface area contributed by atoms with E-state index in [1.807, 2.05) is 6.07 Å². The lowest BCUT2D eigenvalue weighted by atomic mass is 10.1. The van der Waals surface area contributed by atoms with E-state index in [4.69, 9.17) is 5.73 Å². The number of carbonyl (C=O) groups is 1. The van der Waals surface area contributed by atoms with E-state index in [0.29, 0.717) is 0 Å².